The lowest BCUT2D eigenvalue weighted by molar-refractivity contribution is -0.141. The number of carboxylic acid groups (broad SMARTS) is 1. The van der Waals surface area contributed by atoms with Gasteiger partial charge in [-0.2, -0.15) is 0 Å². The molecule has 5 nitrogen and oxygen atoms in total. The molecule has 0 spiro atoms. The maximum atomic E-state index is 11.7. The molecule has 21 heavy (non-hydrogen) atoms. The quantitative estimate of drug-likeness (QED) is 0.765. The lowest BCUT2D eigenvalue weighted by atomic mass is 10.1. The van der Waals surface area contributed by atoms with Crippen molar-refractivity contribution in [2.75, 3.05) is 12.3 Å². The van der Waals surface area contributed by atoms with Crippen molar-refractivity contribution in [1.82, 2.24) is 10.3 Å². The molecule has 1 unspecified atom stereocenters. The van der Waals surface area contributed by atoms with Gasteiger partial charge in [-0.05, 0) is 18.6 Å². The fourth-order valence-electron chi connectivity index (χ4n) is 1.64. The average molecular weight is 324 g/mol. The molecule has 112 valence electrons. The number of nitrogens with one attached hydrogen (secondary N) is 1. The molecule has 2 rings (SSSR count). The number of hydrogen-bond donors (Lipinski definition) is 2. The number of hydrogen-bond acceptors (Lipinski definition) is 5. The largest absolute Gasteiger partial charge is 0.481 e. The Labute approximate surface area is 130 Å². The van der Waals surface area contributed by atoms with Crippen LogP contribution in [0, 0.1) is 5.92 Å². The lowest BCUT2D eigenvalue weighted by Crippen LogP contribution is -2.28. The third-order valence-corrected chi connectivity index (χ3v) is 5.10. The summed E-state index contributed by atoms with van der Waals surface area (Å²) in [5.41, 5.74) is 0.945. The van der Waals surface area contributed by atoms with Crippen molar-refractivity contribution >= 4 is 45.2 Å². The van der Waals surface area contributed by atoms with E-state index in [0.29, 0.717) is 18.7 Å². The van der Waals surface area contributed by atoms with Crippen LogP contribution in [0.5, 0.6) is 0 Å². The first-order valence-electron chi connectivity index (χ1n) is 6.54. The number of carbonyl (C=O) groups is 2. The second-order valence-corrected chi connectivity index (χ2v) is 6.87. The van der Waals surface area contributed by atoms with Crippen LogP contribution in [0.4, 0.5) is 0 Å². The van der Waals surface area contributed by atoms with Gasteiger partial charge in [-0.15, -0.1) is 11.3 Å². The first-order chi connectivity index (χ1) is 10.1. The van der Waals surface area contributed by atoms with Crippen LogP contribution in [0.25, 0.3) is 10.2 Å². The van der Waals surface area contributed by atoms with E-state index in [1.54, 1.807) is 18.3 Å². The van der Waals surface area contributed by atoms with Gasteiger partial charge in [0.05, 0.1) is 21.9 Å². The topological polar surface area (TPSA) is 79.3 Å². The number of para-hydroxylation sites is 1. The van der Waals surface area contributed by atoms with Crippen LogP contribution in [0.3, 0.4) is 0 Å². The van der Waals surface area contributed by atoms with E-state index in [4.69, 9.17) is 5.11 Å². The van der Waals surface area contributed by atoms with Gasteiger partial charge < -0.3 is 10.4 Å². The fraction of sp³-hybridized carbons (Fsp3) is 0.357. The number of rotatable bonds is 7. The lowest BCUT2D eigenvalue weighted by Gasteiger charge is -2.07. The smallest absolute Gasteiger partial charge is 0.306 e. The summed E-state index contributed by atoms with van der Waals surface area (Å²) in [6.07, 6.45) is 0.437. The van der Waals surface area contributed by atoms with Crippen molar-refractivity contribution in [2.24, 2.45) is 5.92 Å². The summed E-state index contributed by atoms with van der Waals surface area (Å²) in [7, 11) is 0. The third-order valence-electron chi connectivity index (χ3n) is 2.92. The van der Waals surface area contributed by atoms with Gasteiger partial charge in [0.2, 0.25) is 5.91 Å². The van der Waals surface area contributed by atoms with Crippen molar-refractivity contribution in [1.29, 1.82) is 0 Å². The molecular weight excluding hydrogens is 308 g/mol. The van der Waals surface area contributed by atoms with E-state index in [0.717, 1.165) is 14.6 Å². The number of aromatic nitrogens is 1. The number of thiazole rings is 1. The Balaban J connectivity index is 1.75. The number of aliphatic carboxylic acids is 1. The fourth-order valence-corrected chi connectivity index (χ4v) is 3.54. The molecule has 2 N–H and O–H groups in total. The Morgan fingerprint density at radius 3 is 2.90 bits per heavy atom. The van der Waals surface area contributed by atoms with Crippen LogP contribution in [0.2, 0.25) is 0 Å². The number of amides is 1. The van der Waals surface area contributed by atoms with Gasteiger partial charge in [0, 0.05) is 6.54 Å². The van der Waals surface area contributed by atoms with Gasteiger partial charge in [0.25, 0.3) is 0 Å². The second kappa shape index (κ2) is 7.42. The minimum absolute atomic E-state index is 0.100. The van der Waals surface area contributed by atoms with E-state index in [2.05, 4.69) is 10.3 Å². The summed E-state index contributed by atoms with van der Waals surface area (Å²) in [4.78, 5) is 26.8. The number of carbonyl (C=O) groups excluding carboxylic acids is 1. The number of benzene rings is 1. The van der Waals surface area contributed by atoms with Crippen LogP contribution >= 0.6 is 23.1 Å². The minimum atomic E-state index is -0.840. The van der Waals surface area contributed by atoms with E-state index in [9.17, 15) is 9.59 Å². The Morgan fingerprint density at radius 2 is 2.19 bits per heavy atom. The van der Waals surface area contributed by atoms with Crippen molar-refractivity contribution in [2.45, 2.75) is 17.7 Å². The summed E-state index contributed by atoms with van der Waals surface area (Å²) in [6.45, 7) is 2.01. The van der Waals surface area contributed by atoms with Gasteiger partial charge in [-0.3, -0.25) is 9.59 Å². The summed E-state index contributed by atoms with van der Waals surface area (Å²) < 4.78 is 1.97. The molecule has 0 saturated heterocycles. The van der Waals surface area contributed by atoms with Gasteiger partial charge >= 0.3 is 5.97 Å². The van der Waals surface area contributed by atoms with Crippen molar-refractivity contribution < 1.29 is 14.7 Å². The van der Waals surface area contributed by atoms with Crippen LogP contribution < -0.4 is 5.32 Å². The van der Waals surface area contributed by atoms with Gasteiger partial charge in [0.15, 0.2) is 4.34 Å². The van der Waals surface area contributed by atoms with E-state index in [-0.39, 0.29) is 5.91 Å². The molecule has 0 aliphatic heterocycles. The molecule has 0 bridgehead atoms. The predicted octanol–water partition coefficient (Wildman–Crippen LogP) is 2.62. The summed E-state index contributed by atoms with van der Waals surface area (Å²) in [5, 5.41) is 11.5. The maximum absolute atomic E-state index is 11.7. The predicted molar refractivity (Wildman–Crippen MR) is 84.8 cm³/mol. The molecular formula is C14H16N2O3S2. The molecule has 2 aromatic rings. The summed E-state index contributed by atoms with van der Waals surface area (Å²) in [5.74, 6) is -1.09. The average Bonchev–Trinajstić information content (AvgIpc) is 2.87. The highest BCUT2D eigenvalue weighted by molar-refractivity contribution is 8.01. The van der Waals surface area contributed by atoms with Crippen molar-refractivity contribution in [3.8, 4) is 0 Å². The standard InChI is InChI=1S/C14H16N2O3S2/c1-9(13(18)19)6-7-15-12(17)8-20-14-16-10-4-2-3-5-11(10)21-14/h2-5,9H,6-8H2,1H3,(H,15,17)(H,18,19). The molecule has 1 aromatic heterocycles. The van der Waals surface area contributed by atoms with Crippen molar-refractivity contribution in [3.63, 3.8) is 0 Å². The summed E-state index contributed by atoms with van der Waals surface area (Å²) >= 11 is 2.96. The SMILES string of the molecule is CC(CCNC(=O)CSc1nc2ccccc2s1)C(=O)O. The van der Waals surface area contributed by atoms with Crippen molar-refractivity contribution in [3.05, 3.63) is 24.3 Å². The number of nitrogens with zero attached hydrogens (tertiary/aromatic N) is 1. The Hall–Kier alpha value is -1.60. The molecule has 7 heteroatoms. The zero-order chi connectivity index (χ0) is 15.2. The number of carboxylic acids is 1. The van der Waals surface area contributed by atoms with E-state index in [1.165, 1.54) is 11.8 Å². The molecule has 0 aliphatic rings. The maximum Gasteiger partial charge on any atom is 0.306 e. The first-order valence-corrected chi connectivity index (χ1v) is 8.34. The Bertz CT molecular complexity index is 609. The Morgan fingerprint density at radius 1 is 1.43 bits per heavy atom. The molecule has 1 heterocycles. The summed E-state index contributed by atoms with van der Waals surface area (Å²) in [6, 6.07) is 7.85. The molecule has 1 aromatic carbocycles. The third kappa shape index (κ3) is 4.71. The van der Waals surface area contributed by atoms with Gasteiger partial charge in [-0.25, -0.2) is 4.98 Å². The second-order valence-electron chi connectivity index (χ2n) is 4.61. The molecule has 0 saturated carbocycles. The zero-order valence-electron chi connectivity index (χ0n) is 11.5. The minimum Gasteiger partial charge on any atom is -0.481 e. The zero-order valence-corrected chi connectivity index (χ0v) is 13.2. The van der Waals surface area contributed by atoms with E-state index >= 15 is 0 Å². The van der Waals surface area contributed by atoms with E-state index in [1.807, 2.05) is 24.3 Å². The van der Waals surface area contributed by atoms with E-state index < -0.39 is 11.9 Å². The monoisotopic (exact) mass is 324 g/mol. The molecule has 1 amide bonds. The number of thioether (sulfide) groups is 1. The molecule has 0 fully saturated rings. The first kappa shape index (κ1) is 15.8. The van der Waals surface area contributed by atoms with Crippen LogP contribution in [-0.2, 0) is 9.59 Å². The molecule has 0 radical (unpaired) electrons. The normalized spacial score (nSPS) is 12.2. The number of fused-ring (bicyclic) bond motifs is 1. The molecule has 1 atom stereocenters. The highest BCUT2D eigenvalue weighted by atomic mass is 32.2. The van der Waals surface area contributed by atoms with Crippen LogP contribution in [0.15, 0.2) is 28.6 Å². The van der Waals surface area contributed by atoms with Gasteiger partial charge in [0.1, 0.15) is 0 Å². The highest BCUT2D eigenvalue weighted by Crippen LogP contribution is 2.28. The van der Waals surface area contributed by atoms with Crippen LogP contribution in [-0.4, -0.2) is 34.3 Å². The highest BCUT2D eigenvalue weighted by Gasteiger charge is 2.11. The molecule has 0 aliphatic carbocycles. The van der Waals surface area contributed by atoms with Gasteiger partial charge in [-0.1, -0.05) is 30.8 Å². The van der Waals surface area contributed by atoms with Crippen LogP contribution in [0.1, 0.15) is 13.3 Å². The Kier molecular flexibility index (Phi) is 5.58.